The van der Waals surface area contributed by atoms with Crippen LogP contribution in [-0.2, 0) is 11.2 Å². The van der Waals surface area contributed by atoms with Crippen LogP contribution >= 0.6 is 0 Å². The number of anilines is 2. The van der Waals surface area contributed by atoms with Gasteiger partial charge >= 0.3 is 6.03 Å². The first-order valence-electron chi connectivity index (χ1n) is 11.1. The van der Waals surface area contributed by atoms with Crippen LogP contribution in [0, 0.1) is 11.7 Å². The number of phenolic OH excluding ortho intramolecular Hbond substituents is 1. The highest BCUT2D eigenvalue weighted by molar-refractivity contribution is 5.93. The van der Waals surface area contributed by atoms with E-state index in [-0.39, 0.29) is 29.2 Å². The lowest BCUT2D eigenvalue weighted by Crippen LogP contribution is -2.36. The molecule has 4 N–H and O–H groups in total. The number of halogens is 1. The fraction of sp³-hybridized carbons (Fsp3) is 0.240. The smallest absolute Gasteiger partial charge is 0.319 e. The van der Waals surface area contributed by atoms with E-state index in [0.717, 1.165) is 12.0 Å². The second-order valence-electron chi connectivity index (χ2n) is 8.89. The number of amides is 3. The van der Waals surface area contributed by atoms with Gasteiger partial charge in [-0.2, -0.15) is 0 Å². The van der Waals surface area contributed by atoms with Crippen LogP contribution in [0.2, 0.25) is 0 Å². The van der Waals surface area contributed by atoms with Crippen LogP contribution in [0.3, 0.4) is 0 Å². The summed E-state index contributed by atoms with van der Waals surface area (Å²) in [4.78, 5) is 28.3. The van der Waals surface area contributed by atoms with Gasteiger partial charge in [-0.15, -0.1) is 0 Å². The van der Waals surface area contributed by atoms with E-state index in [1.54, 1.807) is 42.6 Å². The summed E-state index contributed by atoms with van der Waals surface area (Å²) >= 11 is 0. The maximum absolute atomic E-state index is 13.8. The molecule has 0 unspecified atom stereocenters. The predicted molar refractivity (Wildman–Crippen MR) is 122 cm³/mol. The predicted octanol–water partition coefficient (Wildman–Crippen LogP) is 4.28. The number of benzene rings is 2. The van der Waals surface area contributed by atoms with Crippen molar-refractivity contribution >= 4 is 23.4 Å². The SMILES string of the molecule is O=C1CCc2c(Oc3ccc(O)c([C@@H]4[C@@H]5C[C@@]45NC(=O)Nc4ccccc4F)c3)ccnc2N1. The maximum Gasteiger partial charge on any atom is 0.319 e. The van der Waals surface area contributed by atoms with E-state index in [1.165, 1.54) is 12.1 Å². The van der Waals surface area contributed by atoms with Gasteiger partial charge in [-0.1, -0.05) is 12.1 Å². The minimum Gasteiger partial charge on any atom is -0.508 e. The molecule has 6 rings (SSSR count). The van der Waals surface area contributed by atoms with E-state index < -0.39 is 17.4 Å². The molecule has 3 amide bonds. The molecule has 34 heavy (non-hydrogen) atoms. The van der Waals surface area contributed by atoms with Crippen LogP contribution in [0.1, 0.15) is 29.9 Å². The van der Waals surface area contributed by atoms with E-state index in [1.807, 2.05) is 0 Å². The first-order valence-corrected chi connectivity index (χ1v) is 11.1. The summed E-state index contributed by atoms with van der Waals surface area (Å²) in [5, 5.41) is 18.8. The number of phenols is 1. The van der Waals surface area contributed by atoms with Gasteiger partial charge in [0.15, 0.2) is 0 Å². The molecular formula is C25H21FN4O4. The number of fused-ring (bicyclic) bond motifs is 2. The van der Waals surface area contributed by atoms with E-state index in [4.69, 9.17) is 4.74 Å². The van der Waals surface area contributed by atoms with E-state index in [0.29, 0.717) is 35.7 Å². The summed E-state index contributed by atoms with van der Waals surface area (Å²) in [6.45, 7) is 0. The summed E-state index contributed by atoms with van der Waals surface area (Å²) in [6, 6.07) is 12.3. The van der Waals surface area contributed by atoms with Crippen LogP contribution in [0.25, 0.3) is 0 Å². The Labute approximate surface area is 194 Å². The first-order chi connectivity index (χ1) is 16.4. The monoisotopic (exact) mass is 460 g/mol. The third-order valence-corrected chi connectivity index (χ3v) is 6.81. The molecule has 8 nitrogen and oxygen atoms in total. The third-order valence-electron chi connectivity index (χ3n) is 6.81. The van der Waals surface area contributed by atoms with Crippen LogP contribution in [0.15, 0.2) is 54.7 Å². The molecule has 2 fully saturated rings. The molecule has 9 heteroatoms. The zero-order chi connectivity index (χ0) is 23.4. The van der Waals surface area contributed by atoms with Gasteiger partial charge in [-0.05, 0) is 55.2 Å². The second kappa shape index (κ2) is 7.44. The number of urea groups is 1. The zero-order valence-corrected chi connectivity index (χ0v) is 18.0. The van der Waals surface area contributed by atoms with Crippen LogP contribution in [-0.4, -0.2) is 27.6 Å². The summed E-state index contributed by atoms with van der Waals surface area (Å²) in [6.07, 6.45) is 3.27. The Bertz CT molecular complexity index is 1350. The number of hydrogen-bond acceptors (Lipinski definition) is 5. The molecule has 3 aromatic rings. The Morgan fingerprint density at radius 2 is 2.06 bits per heavy atom. The number of pyridine rings is 1. The number of para-hydroxylation sites is 1. The van der Waals surface area contributed by atoms with Crippen molar-refractivity contribution in [1.82, 2.24) is 10.3 Å². The highest BCUT2D eigenvalue weighted by Gasteiger charge is 2.80. The molecule has 0 saturated heterocycles. The Morgan fingerprint density at radius 3 is 2.88 bits per heavy atom. The topological polar surface area (TPSA) is 113 Å². The van der Waals surface area contributed by atoms with E-state index >= 15 is 0 Å². The number of carbonyl (C=O) groups excluding carboxylic acids is 2. The van der Waals surface area contributed by atoms with Gasteiger partial charge in [0.25, 0.3) is 0 Å². The van der Waals surface area contributed by atoms with Crippen LogP contribution in [0.5, 0.6) is 17.2 Å². The minimum absolute atomic E-state index is 0.0481. The van der Waals surface area contributed by atoms with Crippen molar-refractivity contribution in [2.24, 2.45) is 5.92 Å². The summed E-state index contributed by atoms with van der Waals surface area (Å²) in [5.41, 5.74) is 1.19. The van der Waals surface area contributed by atoms with Crippen molar-refractivity contribution in [3.05, 3.63) is 71.7 Å². The summed E-state index contributed by atoms with van der Waals surface area (Å²) < 4.78 is 19.9. The van der Waals surface area contributed by atoms with Gasteiger partial charge in [0.1, 0.15) is 28.9 Å². The largest absolute Gasteiger partial charge is 0.508 e. The van der Waals surface area contributed by atoms with Crippen molar-refractivity contribution in [3.8, 4) is 17.2 Å². The van der Waals surface area contributed by atoms with Gasteiger partial charge in [0, 0.05) is 29.7 Å². The Kier molecular flexibility index (Phi) is 4.48. The third kappa shape index (κ3) is 3.40. The van der Waals surface area contributed by atoms with Gasteiger partial charge in [-0.3, -0.25) is 4.79 Å². The molecule has 2 aliphatic carbocycles. The van der Waals surface area contributed by atoms with Crippen molar-refractivity contribution in [2.45, 2.75) is 30.7 Å². The van der Waals surface area contributed by atoms with Crippen LogP contribution < -0.4 is 20.7 Å². The number of hydrogen-bond donors (Lipinski definition) is 4. The molecule has 2 saturated carbocycles. The Balaban J connectivity index is 1.18. The molecular weight excluding hydrogens is 439 g/mol. The van der Waals surface area contributed by atoms with Crippen molar-refractivity contribution in [2.75, 3.05) is 10.6 Å². The zero-order valence-electron chi connectivity index (χ0n) is 18.0. The fourth-order valence-corrected chi connectivity index (χ4v) is 4.88. The van der Waals surface area contributed by atoms with Gasteiger partial charge < -0.3 is 25.8 Å². The fourth-order valence-electron chi connectivity index (χ4n) is 4.88. The van der Waals surface area contributed by atoms with Gasteiger partial charge in [-0.25, -0.2) is 14.2 Å². The Hall–Kier alpha value is -4.14. The number of carbonyl (C=O) groups is 2. The normalized spacial score (nSPS) is 23.7. The number of nitrogens with zero attached hydrogens (tertiary/aromatic N) is 1. The first kappa shape index (κ1) is 20.5. The highest BCUT2D eigenvalue weighted by Crippen LogP contribution is 2.77. The summed E-state index contributed by atoms with van der Waals surface area (Å²) in [5.74, 6) is 1.35. The molecule has 1 aromatic heterocycles. The molecule has 0 bridgehead atoms. The molecule has 2 aromatic carbocycles. The summed E-state index contributed by atoms with van der Waals surface area (Å²) in [7, 11) is 0. The minimum atomic E-state index is -0.504. The highest BCUT2D eigenvalue weighted by atomic mass is 19.1. The van der Waals surface area contributed by atoms with Gasteiger partial charge in [0.2, 0.25) is 5.91 Å². The number of rotatable bonds is 5. The number of aromatic nitrogens is 1. The quantitative estimate of drug-likeness (QED) is 0.454. The average molecular weight is 460 g/mol. The molecule has 3 aliphatic rings. The molecule has 2 heterocycles. The standard InChI is InChI=1S/C25H21FN4O4/c26-17-3-1-2-4-18(17)28-24(33)30-25-12-16(25)22(25)15-11-13(5-7-19(15)31)34-20-9-10-27-23-14(20)6-8-21(32)29-23/h1-5,7,9-11,16,22,31H,6,8,12H2,(H,27,29,32)(H2,28,30,33)/t16-,22+,25-/m0/s1. The number of ether oxygens (including phenoxy) is 1. The molecule has 1 aliphatic heterocycles. The lowest BCUT2D eigenvalue weighted by Gasteiger charge is -2.20. The Morgan fingerprint density at radius 1 is 1.21 bits per heavy atom. The average Bonchev–Trinajstić information content (AvgIpc) is 3.67. The second-order valence-corrected chi connectivity index (χ2v) is 8.89. The lowest BCUT2D eigenvalue weighted by atomic mass is 9.99. The van der Waals surface area contributed by atoms with Gasteiger partial charge in [0.05, 0.1) is 11.2 Å². The molecule has 0 spiro atoms. The maximum atomic E-state index is 13.8. The van der Waals surface area contributed by atoms with Crippen LogP contribution in [0.4, 0.5) is 20.7 Å². The van der Waals surface area contributed by atoms with E-state index in [2.05, 4.69) is 20.9 Å². The van der Waals surface area contributed by atoms with Crippen molar-refractivity contribution in [3.63, 3.8) is 0 Å². The molecule has 172 valence electrons. The lowest BCUT2D eigenvalue weighted by molar-refractivity contribution is -0.116. The number of nitrogens with one attached hydrogen (secondary N) is 3. The molecule has 3 atom stereocenters. The number of aromatic hydroxyl groups is 1. The van der Waals surface area contributed by atoms with Crippen molar-refractivity contribution in [1.29, 1.82) is 0 Å². The van der Waals surface area contributed by atoms with E-state index in [9.17, 15) is 19.1 Å². The molecule has 0 radical (unpaired) electrons. The van der Waals surface area contributed by atoms with Crippen molar-refractivity contribution < 1.29 is 23.8 Å².